The van der Waals surface area contributed by atoms with Gasteiger partial charge in [0.05, 0.1) is 10.9 Å². The number of aliphatic hydroxyl groups is 1. The summed E-state index contributed by atoms with van der Waals surface area (Å²) in [5.41, 5.74) is 3.67. The van der Waals surface area contributed by atoms with Gasteiger partial charge in [-0.15, -0.1) is 0 Å². The molecule has 0 heterocycles. The first kappa shape index (κ1) is 13.2. The van der Waals surface area contributed by atoms with E-state index in [9.17, 15) is 18.3 Å². The molecule has 1 amide bonds. The molecule has 0 aliphatic heterocycles. The predicted octanol–water partition coefficient (Wildman–Crippen LogP) is -0.200. The molecule has 1 aliphatic rings. The fraction of sp³-hybridized carbons (Fsp3) is 0.889. The largest absolute Gasteiger partial charge is 0.447 e. The Kier molecular flexibility index (Phi) is 3.80. The minimum Gasteiger partial charge on any atom is -0.447 e. The second-order valence-electron chi connectivity index (χ2n) is 4.36. The number of amides is 1. The highest BCUT2D eigenvalue weighted by Gasteiger charge is 2.37. The highest BCUT2D eigenvalue weighted by atomic mass is 32.2. The number of carbonyl (C=O) groups is 1. The van der Waals surface area contributed by atoms with Gasteiger partial charge in [-0.05, 0) is 25.7 Å². The van der Waals surface area contributed by atoms with Gasteiger partial charge in [-0.25, -0.2) is 13.2 Å². The van der Waals surface area contributed by atoms with Crippen molar-refractivity contribution in [1.29, 1.82) is 0 Å². The highest BCUT2D eigenvalue weighted by Crippen LogP contribution is 2.31. The molecule has 94 valence electrons. The number of nitrogens with two attached hydrogens (primary N) is 1. The normalized spacial score (nSPS) is 31.0. The number of rotatable bonds is 3. The van der Waals surface area contributed by atoms with Gasteiger partial charge in [0.15, 0.2) is 0 Å². The van der Waals surface area contributed by atoms with Crippen molar-refractivity contribution in [3.63, 3.8) is 0 Å². The average molecular weight is 251 g/mol. The molecule has 0 bridgehead atoms. The summed E-state index contributed by atoms with van der Waals surface area (Å²) in [7, 11) is -3.05. The van der Waals surface area contributed by atoms with E-state index in [1.807, 2.05) is 0 Å². The predicted molar refractivity (Wildman–Crippen MR) is 57.6 cm³/mol. The van der Waals surface area contributed by atoms with Crippen LogP contribution < -0.4 is 5.73 Å². The first-order valence-electron chi connectivity index (χ1n) is 5.06. The molecule has 0 aromatic rings. The molecule has 0 radical (unpaired) electrons. The molecule has 0 atom stereocenters. The fourth-order valence-corrected chi connectivity index (χ4v) is 3.00. The standard InChI is InChI=1S/C9H17NO5S/c1-16(13,14)7-2-4-9(12,5-3-7)6-15-8(10)11/h7,12H,2-6H2,1H3,(H2,10,11). The highest BCUT2D eigenvalue weighted by molar-refractivity contribution is 7.91. The molecule has 1 fully saturated rings. The second-order valence-corrected chi connectivity index (χ2v) is 6.69. The van der Waals surface area contributed by atoms with Gasteiger partial charge in [0.1, 0.15) is 16.4 Å². The lowest BCUT2D eigenvalue weighted by Gasteiger charge is -2.34. The Labute approximate surface area is 94.7 Å². The van der Waals surface area contributed by atoms with Crippen LogP contribution in [0.1, 0.15) is 25.7 Å². The Morgan fingerprint density at radius 1 is 1.50 bits per heavy atom. The molecule has 0 saturated heterocycles. The summed E-state index contributed by atoms with van der Waals surface area (Å²) >= 11 is 0. The maximum atomic E-state index is 11.3. The van der Waals surface area contributed by atoms with Gasteiger partial charge < -0.3 is 15.6 Å². The van der Waals surface area contributed by atoms with E-state index in [0.29, 0.717) is 25.7 Å². The van der Waals surface area contributed by atoms with Gasteiger partial charge in [-0.1, -0.05) is 0 Å². The van der Waals surface area contributed by atoms with Crippen LogP contribution in [0.4, 0.5) is 4.79 Å². The lowest BCUT2D eigenvalue weighted by atomic mass is 9.85. The zero-order valence-electron chi connectivity index (χ0n) is 9.18. The maximum absolute atomic E-state index is 11.3. The molecule has 0 unspecified atom stereocenters. The molecule has 0 aromatic heterocycles. The van der Waals surface area contributed by atoms with Gasteiger partial charge in [0.2, 0.25) is 0 Å². The van der Waals surface area contributed by atoms with Crippen molar-refractivity contribution in [2.45, 2.75) is 36.5 Å². The number of carbonyl (C=O) groups excluding carboxylic acids is 1. The molecular formula is C9H17NO5S. The summed E-state index contributed by atoms with van der Waals surface area (Å²) in [6.45, 7) is -0.168. The molecule has 1 saturated carbocycles. The van der Waals surface area contributed by atoms with E-state index in [1.54, 1.807) is 0 Å². The quantitative estimate of drug-likeness (QED) is 0.722. The van der Waals surface area contributed by atoms with Crippen LogP contribution in [-0.2, 0) is 14.6 Å². The Morgan fingerprint density at radius 3 is 2.38 bits per heavy atom. The number of hydrogen-bond donors (Lipinski definition) is 2. The minimum atomic E-state index is -3.05. The summed E-state index contributed by atoms with van der Waals surface area (Å²) < 4.78 is 27.1. The molecule has 0 aromatic carbocycles. The van der Waals surface area contributed by atoms with Gasteiger partial charge in [-0.2, -0.15) is 0 Å². The SMILES string of the molecule is CS(=O)(=O)C1CCC(O)(COC(N)=O)CC1. The van der Waals surface area contributed by atoms with Crippen LogP contribution in [0.25, 0.3) is 0 Å². The zero-order chi connectivity index (χ0) is 12.4. The van der Waals surface area contributed by atoms with Gasteiger partial charge in [0.25, 0.3) is 0 Å². The molecule has 1 aliphatic carbocycles. The van der Waals surface area contributed by atoms with Crippen molar-refractivity contribution in [2.75, 3.05) is 12.9 Å². The van der Waals surface area contributed by atoms with E-state index < -0.39 is 26.8 Å². The summed E-state index contributed by atoms with van der Waals surface area (Å²) in [6.07, 6.45) is 1.64. The molecule has 6 nitrogen and oxygen atoms in total. The van der Waals surface area contributed by atoms with Crippen molar-refractivity contribution in [2.24, 2.45) is 5.73 Å². The Bertz CT molecular complexity index is 356. The van der Waals surface area contributed by atoms with Gasteiger partial charge in [0, 0.05) is 6.26 Å². The molecule has 0 spiro atoms. The zero-order valence-corrected chi connectivity index (χ0v) is 10.00. The summed E-state index contributed by atoms with van der Waals surface area (Å²) in [5.74, 6) is 0. The smallest absolute Gasteiger partial charge is 0.404 e. The van der Waals surface area contributed by atoms with Crippen molar-refractivity contribution < 1.29 is 23.1 Å². The molecular weight excluding hydrogens is 234 g/mol. The van der Waals surface area contributed by atoms with Gasteiger partial charge in [-0.3, -0.25) is 0 Å². The van der Waals surface area contributed by atoms with Crippen LogP contribution >= 0.6 is 0 Å². The molecule has 7 heteroatoms. The first-order chi connectivity index (χ1) is 7.23. The summed E-state index contributed by atoms with van der Waals surface area (Å²) in [6, 6.07) is 0. The molecule has 1 rings (SSSR count). The van der Waals surface area contributed by atoms with E-state index in [2.05, 4.69) is 4.74 Å². The van der Waals surface area contributed by atoms with E-state index >= 15 is 0 Å². The minimum absolute atomic E-state index is 0.168. The van der Waals surface area contributed by atoms with Crippen LogP contribution in [0.2, 0.25) is 0 Å². The van der Waals surface area contributed by atoms with Gasteiger partial charge >= 0.3 is 6.09 Å². The van der Waals surface area contributed by atoms with Crippen LogP contribution in [0, 0.1) is 0 Å². The topological polar surface area (TPSA) is 107 Å². The Hall–Kier alpha value is -0.820. The van der Waals surface area contributed by atoms with Crippen LogP contribution in [0.3, 0.4) is 0 Å². The van der Waals surface area contributed by atoms with Crippen LogP contribution in [0.5, 0.6) is 0 Å². The molecule has 16 heavy (non-hydrogen) atoms. The summed E-state index contributed by atoms with van der Waals surface area (Å²) in [5, 5.41) is 9.57. The third-order valence-electron chi connectivity index (χ3n) is 2.95. The van der Waals surface area contributed by atoms with E-state index in [-0.39, 0.29) is 6.61 Å². The Balaban J connectivity index is 2.50. The maximum Gasteiger partial charge on any atom is 0.404 e. The summed E-state index contributed by atoms with van der Waals surface area (Å²) in [4.78, 5) is 10.4. The number of sulfone groups is 1. The van der Waals surface area contributed by atoms with E-state index in [0.717, 1.165) is 0 Å². The van der Waals surface area contributed by atoms with Crippen molar-refractivity contribution >= 4 is 15.9 Å². The monoisotopic (exact) mass is 251 g/mol. The number of ether oxygens (including phenoxy) is 1. The number of primary amides is 1. The lowest BCUT2D eigenvalue weighted by molar-refractivity contribution is -0.0448. The average Bonchev–Trinajstić information content (AvgIpc) is 2.14. The van der Waals surface area contributed by atoms with Crippen LogP contribution in [-0.4, -0.2) is 43.3 Å². The second kappa shape index (κ2) is 4.58. The third kappa shape index (κ3) is 3.64. The third-order valence-corrected chi connectivity index (χ3v) is 4.63. The van der Waals surface area contributed by atoms with Crippen molar-refractivity contribution in [3.05, 3.63) is 0 Å². The van der Waals surface area contributed by atoms with Crippen LogP contribution in [0.15, 0.2) is 0 Å². The molecule has 3 N–H and O–H groups in total. The van der Waals surface area contributed by atoms with Crippen molar-refractivity contribution in [1.82, 2.24) is 0 Å². The first-order valence-corrected chi connectivity index (χ1v) is 7.02. The fourth-order valence-electron chi connectivity index (χ4n) is 1.91. The van der Waals surface area contributed by atoms with E-state index in [4.69, 9.17) is 5.73 Å². The van der Waals surface area contributed by atoms with Crippen molar-refractivity contribution in [3.8, 4) is 0 Å². The lowest BCUT2D eigenvalue weighted by Crippen LogP contribution is -2.42. The number of hydrogen-bond acceptors (Lipinski definition) is 5. The van der Waals surface area contributed by atoms with E-state index in [1.165, 1.54) is 6.26 Å². The Morgan fingerprint density at radius 2 is 2.00 bits per heavy atom.